The summed E-state index contributed by atoms with van der Waals surface area (Å²) in [6, 6.07) is 13.7. The van der Waals surface area contributed by atoms with Gasteiger partial charge in [-0.3, -0.25) is 9.78 Å². The number of pyridine rings is 1. The van der Waals surface area contributed by atoms with Gasteiger partial charge in [-0.25, -0.2) is 0 Å². The fourth-order valence-corrected chi connectivity index (χ4v) is 5.03. The molecule has 2 aliphatic carbocycles. The summed E-state index contributed by atoms with van der Waals surface area (Å²) in [7, 11) is 0. The Labute approximate surface area is 167 Å². The summed E-state index contributed by atoms with van der Waals surface area (Å²) < 4.78 is 5.71. The largest absolute Gasteiger partial charge is 0.487 e. The van der Waals surface area contributed by atoms with Gasteiger partial charge in [-0.05, 0) is 74.1 Å². The van der Waals surface area contributed by atoms with E-state index >= 15 is 0 Å². The first kappa shape index (κ1) is 19.0. The Kier molecular flexibility index (Phi) is 5.94. The summed E-state index contributed by atoms with van der Waals surface area (Å²) in [4.78, 5) is 17.1. The first-order valence-electron chi connectivity index (χ1n) is 10.6. The average Bonchev–Trinajstić information content (AvgIpc) is 2.72. The average molecular weight is 379 g/mol. The number of nitrogens with one attached hydrogen (secondary N) is 1. The van der Waals surface area contributed by atoms with Crippen molar-refractivity contribution in [2.75, 3.05) is 0 Å². The van der Waals surface area contributed by atoms with Gasteiger partial charge in [-0.2, -0.15) is 0 Å². The highest BCUT2D eigenvalue weighted by atomic mass is 16.5. The van der Waals surface area contributed by atoms with Crippen molar-refractivity contribution in [3.05, 3.63) is 59.9 Å². The minimum Gasteiger partial charge on any atom is -0.487 e. The van der Waals surface area contributed by atoms with E-state index in [-0.39, 0.29) is 5.91 Å². The first-order chi connectivity index (χ1) is 13.7. The number of ether oxygens (including phenoxy) is 1. The molecule has 1 N–H and O–H groups in total. The van der Waals surface area contributed by atoms with Gasteiger partial charge in [0, 0.05) is 12.2 Å². The van der Waals surface area contributed by atoms with Crippen molar-refractivity contribution in [3.63, 3.8) is 0 Å². The molecule has 1 amide bonds. The fourth-order valence-electron chi connectivity index (χ4n) is 5.03. The number of carbonyl (C=O) groups is 1. The van der Waals surface area contributed by atoms with Gasteiger partial charge in [0.2, 0.25) is 0 Å². The molecule has 2 atom stereocenters. The predicted molar refractivity (Wildman–Crippen MR) is 110 cm³/mol. The quantitative estimate of drug-likeness (QED) is 0.770. The van der Waals surface area contributed by atoms with Crippen molar-refractivity contribution in [1.29, 1.82) is 0 Å². The van der Waals surface area contributed by atoms with E-state index in [0.717, 1.165) is 42.0 Å². The van der Waals surface area contributed by atoms with Crippen LogP contribution in [-0.2, 0) is 6.61 Å². The zero-order valence-corrected chi connectivity index (χ0v) is 16.6. The molecular weight excluding hydrogens is 348 g/mol. The molecule has 0 spiro atoms. The molecule has 4 nitrogen and oxygen atoms in total. The molecule has 4 rings (SSSR count). The zero-order valence-electron chi connectivity index (χ0n) is 16.6. The number of amides is 1. The van der Waals surface area contributed by atoms with Crippen molar-refractivity contribution < 1.29 is 9.53 Å². The van der Waals surface area contributed by atoms with Crippen LogP contribution in [0.25, 0.3) is 0 Å². The highest BCUT2D eigenvalue weighted by molar-refractivity contribution is 5.94. The molecule has 0 saturated heterocycles. The lowest BCUT2D eigenvalue weighted by Gasteiger charge is -2.42. The van der Waals surface area contributed by atoms with Gasteiger partial charge in [-0.15, -0.1) is 0 Å². The number of hydrogen-bond donors (Lipinski definition) is 1. The molecule has 0 aliphatic heterocycles. The van der Waals surface area contributed by atoms with E-state index in [0.29, 0.717) is 18.2 Å². The van der Waals surface area contributed by atoms with E-state index in [1.165, 1.54) is 25.7 Å². The number of para-hydroxylation sites is 1. The third-order valence-corrected chi connectivity index (χ3v) is 6.37. The van der Waals surface area contributed by atoms with Crippen LogP contribution in [0.1, 0.15) is 61.5 Å². The molecule has 28 heavy (non-hydrogen) atoms. The van der Waals surface area contributed by atoms with Crippen molar-refractivity contribution in [2.24, 2.45) is 17.8 Å². The molecule has 2 fully saturated rings. The molecular formula is C24H30N2O2. The second-order valence-electron chi connectivity index (χ2n) is 8.50. The highest BCUT2D eigenvalue weighted by Crippen LogP contribution is 2.43. The lowest BCUT2D eigenvalue weighted by atomic mass is 9.66. The molecule has 2 unspecified atom stereocenters. The van der Waals surface area contributed by atoms with Gasteiger partial charge in [0.1, 0.15) is 12.4 Å². The minimum absolute atomic E-state index is 0.0000396. The Morgan fingerprint density at radius 1 is 1.04 bits per heavy atom. The smallest absolute Gasteiger partial charge is 0.253 e. The predicted octanol–water partition coefficient (Wildman–Crippen LogP) is 5.00. The topological polar surface area (TPSA) is 51.2 Å². The molecule has 1 heterocycles. The molecule has 2 saturated carbocycles. The Bertz CT molecular complexity index is 761. The number of hydrogen-bond acceptors (Lipinski definition) is 3. The van der Waals surface area contributed by atoms with Gasteiger partial charge in [0.25, 0.3) is 5.91 Å². The SMILES string of the molecule is CCC1CC2CC(C1)CC(NC(=O)c1ccc(COc3ccccc3)nc1)C2. The van der Waals surface area contributed by atoms with Crippen LogP contribution in [0.15, 0.2) is 48.7 Å². The Morgan fingerprint density at radius 3 is 2.43 bits per heavy atom. The maximum absolute atomic E-state index is 12.7. The second-order valence-corrected chi connectivity index (χ2v) is 8.50. The summed E-state index contributed by atoms with van der Waals surface area (Å²) in [5, 5.41) is 3.26. The Hall–Kier alpha value is -2.36. The molecule has 2 aromatic rings. The van der Waals surface area contributed by atoms with E-state index in [1.54, 1.807) is 6.20 Å². The van der Waals surface area contributed by atoms with Crippen LogP contribution in [-0.4, -0.2) is 16.9 Å². The van der Waals surface area contributed by atoms with Crippen molar-refractivity contribution in [1.82, 2.24) is 10.3 Å². The maximum atomic E-state index is 12.7. The van der Waals surface area contributed by atoms with Crippen LogP contribution in [0.3, 0.4) is 0 Å². The molecule has 2 aliphatic rings. The van der Waals surface area contributed by atoms with E-state index in [2.05, 4.69) is 17.2 Å². The fraction of sp³-hybridized carbons (Fsp3) is 0.500. The van der Waals surface area contributed by atoms with Gasteiger partial charge in [0.05, 0.1) is 11.3 Å². The summed E-state index contributed by atoms with van der Waals surface area (Å²) in [5.74, 6) is 3.30. The van der Waals surface area contributed by atoms with Crippen LogP contribution in [0, 0.1) is 17.8 Å². The maximum Gasteiger partial charge on any atom is 0.253 e. The normalized spacial score (nSPS) is 26.5. The summed E-state index contributed by atoms with van der Waals surface area (Å²) >= 11 is 0. The lowest BCUT2D eigenvalue weighted by molar-refractivity contribution is 0.0822. The molecule has 1 aromatic heterocycles. The van der Waals surface area contributed by atoms with Crippen LogP contribution >= 0.6 is 0 Å². The molecule has 4 heteroatoms. The van der Waals surface area contributed by atoms with Gasteiger partial charge >= 0.3 is 0 Å². The number of carbonyl (C=O) groups excluding carboxylic acids is 1. The third kappa shape index (κ3) is 4.73. The standard InChI is InChI=1S/C24H30N2O2/c1-2-17-10-18-12-19(11-17)14-22(13-18)26-24(27)20-8-9-21(25-15-20)16-28-23-6-4-3-5-7-23/h3-9,15,17-19,22H,2,10-14,16H2,1H3,(H,26,27). The van der Waals surface area contributed by atoms with E-state index in [4.69, 9.17) is 4.74 Å². The van der Waals surface area contributed by atoms with Crippen LogP contribution in [0.2, 0.25) is 0 Å². The monoisotopic (exact) mass is 378 g/mol. The number of nitrogens with zero attached hydrogens (tertiary/aromatic N) is 1. The van der Waals surface area contributed by atoms with Crippen molar-refractivity contribution >= 4 is 5.91 Å². The van der Waals surface area contributed by atoms with Crippen LogP contribution in [0.5, 0.6) is 5.75 Å². The molecule has 2 bridgehead atoms. The number of aromatic nitrogens is 1. The van der Waals surface area contributed by atoms with E-state index in [9.17, 15) is 4.79 Å². The van der Waals surface area contributed by atoms with Gasteiger partial charge in [0.15, 0.2) is 0 Å². The molecule has 148 valence electrons. The van der Waals surface area contributed by atoms with Gasteiger partial charge < -0.3 is 10.1 Å². The van der Waals surface area contributed by atoms with E-state index < -0.39 is 0 Å². The minimum atomic E-state index is 0.0000396. The molecule has 1 aromatic carbocycles. The molecule has 0 radical (unpaired) electrons. The Balaban J connectivity index is 1.29. The zero-order chi connectivity index (χ0) is 19.3. The summed E-state index contributed by atoms with van der Waals surface area (Å²) in [6.45, 7) is 2.71. The van der Waals surface area contributed by atoms with Crippen LogP contribution in [0.4, 0.5) is 0 Å². The lowest BCUT2D eigenvalue weighted by Crippen LogP contribution is -2.43. The van der Waals surface area contributed by atoms with Crippen molar-refractivity contribution in [2.45, 2.75) is 58.1 Å². The first-order valence-corrected chi connectivity index (χ1v) is 10.6. The summed E-state index contributed by atoms with van der Waals surface area (Å²) in [6.07, 6.45) is 9.28. The van der Waals surface area contributed by atoms with E-state index in [1.807, 2.05) is 42.5 Å². The number of rotatable bonds is 6. The highest BCUT2D eigenvalue weighted by Gasteiger charge is 2.35. The third-order valence-electron chi connectivity index (χ3n) is 6.37. The number of fused-ring (bicyclic) bond motifs is 2. The Morgan fingerprint density at radius 2 is 1.79 bits per heavy atom. The van der Waals surface area contributed by atoms with Crippen molar-refractivity contribution in [3.8, 4) is 5.75 Å². The second kappa shape index (κ2) is 8.76. The van der Waals surface area contributed by atoms with Gasteiger partial charge in [-0.1, -0.05) is 31.5 Å². The van der Waals surface area contributed by atoms with Crippen LogP contribution < -0.4 is 10.1 Å². The number of benzene rings is 1. The summed E-state index contributed by atoms with van der Waals surface area (Å²) in [5.41, 5.74) is 1.45.